The summed E-state index contributed by atoms with van der Waals surface area (Å²) in [6, 6.07) is 12.3. The normalized spacial score (nSPS) is 11.6. The number of benzene rings is 2. The second-order valence-electron chi connectivity index (χ2n) is 7.77. The largest absolute Gasteiger partial charge is 0.867 e. The van der Waals surface area contributed by atoms with Crippen molar-refractivity contribution in [2.45, 2.75) is 40.8 Å². The van der Waals surface area contributed by atoms with E-state index in [1.165, 1.54) is 30.4 Å². The van der Waals surface area contributed by atoms with E-state index in [-0.39, 0.29) is 0 Å². The van der Waals surface area contributed by atoms with Crippen molar-refractivity contribution in [1.82, 2.24) is 0 Å². The molecule has 0 aliphatic rings. The summed E-state index contributed by atoms with van der Waals surface area (Å²) in [5.41, 5.74) is 2.39. The molecule has 4 aromatic rings. The van der Waals surface area contributed by atoms with Gasteiger partial charge in [0.15, 0.2) is 0 Å². The van der Waals surface area contributed by atoms with Crippen LogP contribution >= 0.6 is 45.9 Å². The van der Waals surface area contributed by atoms with E-state index in [1.54, 1.807) is 36.9 Å². The SMILES string of the molecule is CC[n+]1c(/C=C(\C)Cl)sc2ccc(OC)cc21.CC[n+]1c(/C=C(\C)Cl)sc2ccc(OC)cc21.[O-]B([O-])F. The molecular formula is C26H30BCl2FN2O4S2. The topological polar surface area (TPSA) is 72.3 Å². The number of rotatable bonds is 6. The van der Waals surface area contributed by atoms with Crippen molar-refractivity contribution < 1.29 is 33.0 Å². The highest BCUT2D eigenvalue weighted by molar-refractivity contribution is 7.19. The first-order valence-corrected chi connectivity index (χ1v) is 14.1. The molecule has 0 bridgehead atoms. The number of hydrogen-bond acceptors (Lipinski definition) is 6. The maximum absolute atomic E-state index is 9.89. The number of nitrogens with zero attached hydrogens (tertiary/aromatic N) is 2. The number of aryl methyl sites for hydroxylation is 2. The van der Waals surface area contributed by atoms with Crippen molar-refractivity contribution in [1.29, 1.82) is 0 Å². The van der Waals surface area contributed by atoms with Gasteiger partial charge < -0.3 is 23.8 Å². The molecule has 0 saturated carbocycles. The average Bonchev–Trinajstić information content (AvgIpc) is 3.38. The van der Waals surface area contributed by atoms with Gasteiger partial charge in [0.25, 0.3) is 10.0 Å². The molecule has 0 fully saturated rings. The smallest absolute Gasteiger partial charge is 0.263 e. The number of aromatic nitrogens is 2. The van der Waals surface area contributed by atoms with Gasteiger partial charge in [0.2, 0.25) is 11.0 Å². The zero-order chi connectivity index (χ0) is 28.4. The third-order valence-corrected chi connectivity index (χ3v) is 7.60. The van der Waals surface area contributed by atoms with Crippen LogP contribution in [-0.2, 0) is 13.1 Å². The molecule has 0 aliphatic heterocycles. The minimum Gasteiger partial charge on any atom is -0.867 e. The van der Waals surface area contributed by atoms with E-state index >= 15 is 0 Å². The van der Waals surface area contributed by atoms with E-state index in [4.69, 9.17) is 42.7 Å². The second-order valence-corrected chi connectivity index (χ2v) is 11.1. The molecule has 2 aromatic heterocycles. The Morgan fingerprint density at radius 1 is 0.842 bits per heavy atom. The highest BCUT2D eigenvalue weighted by atomic mass is 35.5. The third kappa shape index (κ3) is 8.93. The van der Waals surface area contributed by atoms with E-state index in [0.717, 1.165) is 34.7 Å². The summed E-state index contributed by atoms with van der Waals surface area (Å²) in [7, 11) is 0.209. The fourth-order valence-corrected chi connectivity index (χ4v) is 6.38. The van der Waals surface area contributed by atoms with Crippen LogP contribution in [0.2, 0.25) is 0 Å². The van der Waals surface area contributed by atoms with Crippen LogP contribution in [0.1, 0.15) is 37.7 Å². The van der Waals surface area contributed by atoms with Gasteiger partial charge in [-0.15, -0.1) is 0 Å². The summed E-state index contributed by atoms with van der Waals surface area (Å²) >= 11 is 15.4. The Morgan fingerprint density at radius 3 is 1.45 bits per heavy atom. The zero-order valence-corrected chi connectivity index (χ0v) is 25.2. The van der Waals surface area contributed by atoms with E-state index in [2.05, 4.69) is 47.2 Å². The predicted octanol–water partition coefficient (Wildman–Crippen LogP) is 5.30. The monoisotopic (exact) mass is 598 g/mol. The first-order valence-electron chi connectivity index (χ1n) is 11.7. The predicted molar refractivity (Wildman–Crippen MR) is 154 cm³/mol. The minimum atomic E-state index is -3.17. The van der Waals surface area contributed by atoms with E-state index in [9.17, 15) is 4.32 Å². The molecule has 0 radical (unpaired) electrons. The van der Waals surface area contributed by atoms with Crippen LogP contribution in [0.3, 0.4) is 0 Å². The Morgan fingerprint density at radius 2 is 1.18 bits per heavy atom. The quantitative estimate of drug-likeness (QED) is 0.223. The van der Waals surface area contributed by atoms with Crippen LogP contribution in [-0.4, -0.2) is 21.6 Å². The number of allylic oxidation sites excluding steroid dienone is 2. The highest BCUT2D eigenvalue weighted by Gasteiger charge is 2.19. The second kappa shape index (κ2) is 15.4. The molecule has 6 nitrogen and oxygen atoms in total. The lowest BCUT2D eigenvalue weighted by Gasteiger charge is -2.09. The van der Waals surface area contributed by atoms with Crippen LogP contribution in [0.4, 0.5) is 4.32 Å². The fourth-order valence-electron chi connectivity index (χ4n) is 3.62. The number of thiazole rings is 2. The molecule has 0 amide bonds. The Hall–Kier alpha value is -2.21. The molecule has 38 heavy (non-hydrogen) atoms. The van der Waals surface area contributed by atoms with Crippen molar-refractivity contribution in [3.8, 4) is 11.5 Å². The van der Waals surface area contributed by atoms with Crippen LogP contribution in [0.25, 0.3) is 32.6 Å². The van der Waals surface area contributed by atoms with Gasteiger partial charge in [0, 0.05) is 22.2 Å². The van der Waals surface area contributed by atoms with Crippen LogP contribution < -0.4 is 28.7 Å². The average molecular weight is 599 g/mol. The Labute approximate surface area is 241 Å². The molecule has 12 heteroatoms. The molecule has 0 saturated heterocycles. The van der Waals surface area contributed by atoms with E-state index in [0.29, 0.717) is 0 Å². The standard InChI is InChI=1S/2C13H15ClNOS.BFO2/c2*1-4-15-11-8-10(16-3)5-6-12(11)17-13(15)7-9(2)14;2-1(3)4/h2*5-8H,4H2,1-3H3;/q2*+1;-2/b2*9-7+;. The van der Waals surface area contributed by atoms with Gasteiger partial charge in [-0.3, -0.25) is 0 Å². The molecular weight excluding hydrogens is 569 g/mol. The molecule has 204 valence electrons. The molecule has 0 aliphatic carbocycles. The zero-order valence-electron chi connectivity index (χ0n) is 22.1. The van der Waals surface area contributed by atoms with Gasteiger partial charge >= 0.3 is 0 Å². The molecule has 0 spiro atoms. The number of hydrogen-bond donors (Lipinski definition) is 0. The number of ether oxygens (including phenoxy) is 2. The maximum atomic E-state index is 9.89. The molecule has 0 atom stereocenters. The highest BCUT2D eigenvalue weighted by Crippen LogP contribution is 2.27. The first kappa shape index (κ1) is 32.0. The maximum Gasteiger partial charge on any atom is 0.263 e. The summed E-state index contributed by atoms with van der Waals surface area (Å²) in [6.07, 6.45) is 4.00. The lowest BCUT2D eigenvalue weighted by Crippen LogP contribution is -2.39. The van der Waals surface area contributed by atoms with E-state index in [1.807, 2.05) is 38.1 Å². The molecule has 2 heterocycles. The third-order valence-electron chi connectivity index (χ3n) is 5.15. The summed E-state index contributed by atoms with van der Waals surface area (Å²) in [5, 5.41) is 20.5. The molecule has 4 rings (SSSR count). The molecule has 0 unspecified atom stereocenters. The van der Waals surface area contributed by atoms with Crippen molar-refractivity contribution in [2.24, 2.45) is 0 Å². The van der Waals surface area contributed by atoms with Gasteiger partial charge in [-0.25, -0.2) is 0 Å². The molecule has 0 N–H and O–H groups in total. The Balaban J connectivity index is 0.000000234. The van der Waals surface area contributed by atoms with Gasteiger partial charge in [-0.2, -0.15) is 9.13 Å². The number of halogens is 3. The number of fused-ring (bicyclic) bond motifs is 2. The van der Waals surface area contributed by atoms with Crippen molar-refractivity contribution in [3.05, 3.63) is 56.5 Å². The summed E-state index contributed by atoms with van der Waals surface area (Å²) < 4.78 is 27.4. The van der Waals surface area contributed by atoms with Crippen molar-refractivity contribution in [3.63, 3.8) is 0 Å². The van der Waals surface area contributed by atoms with Gasteiger partial charge in [-0.1, -0.05) is 45.9 Å². The minimum absolute atomic E-state index is 0.797. The summed E-state index contributed by atoms with van der Waals surface area (Å²) in [6.45, 7) is 9.89. The summed E-state index contributed by atoms with van der Waals surface area (Å²) in [4.78, 5) is 0. The Bertz CT molecular complexity index is 1310. The first-order chi connectivity index (χ1) is 18.0. The lowest BCUT2D eigenvalue weighted by molar-refractivity contribution is -0.665. The van der Waals surface area contributed by atoms with E-state index < -0.39 is 7.40 Å². The van der Waals surface area contributed by atoms with Crippen LogP contribution in [0, 0.1) is 0 Å². The van der Waals surface area contributed by atoms with Crippen LogP contribution in [0.5, 0.6) is 11.5 Å². The Kier molecular flexibility index (Phi) is 13.0. The molecule has 2 aromatic carbocycles. The van der Waals surface area contributed by atoms with Gasteiger partial charge in [-0.05, 0) is 52.0 Å². The van der Waals surface area contributed by atoms with Gasteiger partial charge in [0.1, 0.15) is 41.4 Å². The lowest BCUT2D eigenvalue weighted by atomic mass is 10.3. The summed E-state index contributed by atoms with van der Waals surface area (Å²) in [5.74, 6) is 1.77. The van der Waals surface area contributed by atoms with Crippen molar-refractivity contribution >= 4 is 85.9 Å². The fraction of sp³-hybridized carbons (Fsp3) is 0.308. The van der Waals surface area contributed by atoms with Gasteiger partial charge in [0.05, 0.1) is 26.4 Å². The van der Waals surface area contributed by atoms with Crippen molar-refractivity contribution in [2.75, 3.05) is 14.2 Å². The van der Waals surface area contributed by atoms with Crippen LogP contribution in [0.15, 0.2) is 46.5 Å². The number of methoxy groups -OCH3 is 2.